The minimum absolute atomic E-state index is 0.0798. The standard InChI is InChI=1S/C18H25N3O2S/c1-12-16(24-11-21-12)10-20-17(23)19-9-15(22)13-5-7-14(8-6-13)18(2,3)4/h5-8,11,15,22H,9-10H2,1-4H3,(H2,19,20,23). The fraction of sp³-hybridized carbons (Fsp3) is 0.444. The highest BCUT2D eigenvalue weighted by Gasteiger charge is 2.15. The van der Waals surface area contributed by atoms with Crippen LogP contribution in [0.2, 0.25) is 0 Å². The van der Waals surface area contributed by atoms with E-state index >= 15 is 0 Å². The van der Waals surface area contributed by atoms with E-state index in [4.69, 9.17) is 0 Å². The summed E-state index contributed by atoms with van der Waals surface area (Å²) in [5.41, 5.74) is 4.77. The van der Waals surface area contributed by atoms with Crippen LogP contribution in [-0.2, 0) is 12.0 Å². The van der Waals surface area contributed by atoms with Gasteiger partial charge in [-0.1, -0.05) is 45.0 Å². The molecule has 1 aromatic carbocycles. The lowest BCUT2D eigenvalue weighted by molar-refractivity contribution is 0.173. The first kappa shape index (κ1) is 18.4. The number of hydrogen-bond donors (Lipinski definition) is 3. The molecular formula is C18H25N3O2S. The van der Waals surface area contributed by atoms with Gasteiger partial charge in [-0.2, -0.15) is 0 Å². The molecule has 6 heteroatoms. The Morgan fingerprint density at radius 1 is 1.25 bits per heavy atom. The van der Waals surface area contributed by atoms with E-state index in [1.165, 1.54) is 16.9 Å². The first-order chi connectivity index (χ1) is 11.3. The van der Waals surface area contributed by atoms with E-state index < -0.39 is 6.10 Å². The normalized spacial score (nSPS) is 12.7. The molecule has 0 spiro atoms. The van der Waals surface area contributed by atoms with Gasteiger partial charge in [-0.25, -0.2) is 9.78 Å². The van der Waals surface area contributed by atoms with Crippen LogP contribution >= 0.6 is 11.3 Å². The van der Waals surface area contributed by atoms with Gasteiger partial charge in [-0.05, 0) is 23.5 Å². The summed E-state index contributed by atoms with van der Waals surface area (Å²) in [6.07, 6.45) is -0.727. The number of carbonyl (C=O) groups excluding carboxylic acids is 1. The van der Waals surface area contributed by atoms with Crippen LogP contribution in [0.3, 0.4) is 0 Å². The van der Waals surface area contributed by atoms with Gasteiger partial charge in [0.1, 0.15) is 0 Å². The lowest BCUT2D eigenvalue weighted by Crippen LogP contribution is -2.37. The van der Waals surface area contributed by atoms with Crippen molar-refractivity contribution in [3.8, 4) is 0 Å². The Morgan fingerprint density at radius 3 is 2.46 bits per heavy atom. The molecule has 1 unspecified atom stereocenters. The number of thiazole rings is 1. The van der Waals surface area contributed by atoms with E-state index in [9.17, 15) is 9.90 Å². The molecule has 0 aliphatic carbocycles. The Morgan fingerprint density at radius 2 is 1.92 bits per heavy atom. The molecule has 2 amide bonds. The second-order valence-electron chi connectivity index (χ2n) is 6.81. The molecular weight excluding hydrogens is 322 g/mol. The Hall–Kier alpha value is -1.92. The van der Waals surface area contributed by atoms with Gasteiger partial charge in [0.25, 0.3) is 0 Å². The number of aliphatic hydroxyl groups is 1. The summed E-state index contributed by atoms with van der Waals surface area (Å²) in [4.78, 5) is 17.0. The van der Waals surface area contributed by atoms with Gasteiger partial charge in [0.2, 0.25) is 0 Å². The number of rotatable bonds is 5. The summed E-state index contributed by atoms with van der Waals surface area (Å²) in [6, 6.07) is 7.56. The maximum Gasteiger partial charge on any atom is 0.315 e. The summed E-state index contributed by atoms with van der Waals surface area (Å²) in [6.45, 7) is 8.97. The molecule has 130 valence electrons. The molecule has 3 N–H and O–H groups in total. The van der Waals surface area contributed by atoms with Crippen molar-refractivity contribution in [2.24, 2.45) is 0 Å². The van der Waals surface area contributed by atoms with Gasteiger partial charge < -0.3 is 15.7 Å². The van der Waals surface area contributed by atoms with E-state index in [1.807, 2.05) is 31.2 Å². The Balaban J connectivity index is 1.81. The molecule has 0 saturated heterocycles. The smallest absolute Gasteiger partial charge is 0.315 e. The fourth-order valence-electron chi connectivity index (χ4n) is 2.23. The van der Waals surface area contributed by atoms with Gasteiger partial charge >= 0.3 is 6.03 Å². The summed E-state index contributed by atoms with van der Waals surface area (Å²) >= 11 is 1.51. The van der Waals surface area contributed by atoms with Crippen molar-refractivity contribution >= 4 is 17.4 Å². The number of aryl methyl sites for hydroxylation is 1. The number of aromatic nitrogens is 1. The van der Waals surface area contributed by atoms with Gasteiger partial charge in [-0.3, -0.25) is 0 Å². The molecule has 1 atom stereocenters. The average Bonchev–Trinajstić information content (AvgIpc) is 2.95. The number of nitrogens with one attached hydrogen (secondary N) is 2. The van der Waals surface area contributed by atoms with E-state index in [1.54, 1.807) is 5.51 Å². The van der Waals surface area contributed by atoms with Crippen LogP contribution in [0.25, 0.3) is 0 Å². The predicted octanol–water partition coefficient (Wildman–Crippen LogP) is 3.28. The Kier molecular flexibility index (Phi) is 5.96. The second-order valence-corrected chi connectivity index (χ2v) is 7.75. The summed E-state index contributed by atoms with van der Waals surface area (Å²) in [5, 5.41) is 15.7. The fourth-order valence-corrected chi connectivity index (χ4v) is 2.95. The van der Waals surface area contributed by atoms with Crippen molar-refractivity contribution in [3.63, 3.8) is 0 Å². The van der Waals surface area contributed by atoms with Crippen molar-refractivity contribution in [3.05, 3.63) is 51.5 Å². The van der Waals surface area contributed by atoms with Crippen molar-refractivity contribution < 1.29 is 9.90 Å². The van der Waals surface area contributed by atoms with E-state index in [2.05, 4.69) is 36.4 Å². The number of nitrogens with zero attached hydrogens (tertiary/aromatic N) is 1. The van der Waals surface area contributed by atoms with Crippen LogP contribution in [0.1, 0.15) is 48.6 Å². The molecule has 0 aliphatic rings. The zero-order valence-corrected chi connectivity index (χ0v) is 15.4. The van der Waals surface area contributed by atoms with Gasteiger partial charge in [-0.15, -0.1) is 11.3 Å². The lowest BCUT2D eigenvalue weighted by atomic mass is 9.86. The van der Waals surface area contributed by atoms with Crippen LogP contribution in [0.15, 0.2) is 29.8 Å². The summed E-state index contributed by atoms with van der Waals surface area (Å²) in [7, 11) is 0. The molecule has 1 heterocycles. The van der Waals surface area contributed by atoms with Crippen molar-refractivity contribution in [1.29, 1.82) is 0 Å². The number of urea groups is 1. The largest absolute Gasteiger partial charge is 0.387 e. The minimum atomic E-state index is -0.727. The maximum absolute atomic E-state index is 11.8. The highest BCUT2D eigenvalue weighted by Crippen LogP contribution is 2.23. The molecule has 1 aromatic heterocycles. The summed E-state index contributed by atoms with van der Waals surface area (Å²) < 4.78 is 0. The lowest BCUT2D eigenvalue weighted by Gasteiger charge is -2.20. The van der Waals surface area contributed by atoms with Gasteiger partial charge in [0.15, 0.2) is 0 Å². The van der Waals surface area contributed by atoms with Crippen LogP contribution in [0.4, 0.5) is 4.79 Å². The van der Waals surface area contributed by atoms with Crippen LogP contribution in [0.5, 0.6) is 0 Å². The van der Waals surface area contributed by atoms with Gasteiger partial charge in [0, 0.05) is 11.4 Å². The third kappa shape index (κ3) is 5.04. The van der Waals surface area contributed by atoms with E-state index in [0.29, 0.717) is 6.54 Å². The van der Waals surface area contributed by atoms with Gasteiger partial charge in [0.05, 0.1) is 23.9 Å². The highest BCUT2D eigenvalue weighted by molar-refractivity contribution is 7.09. The van der Waals surface area contributed by atoms with Crippen LogP contribution < -0.4 is 10.6 Å². The van der Waals surface area contributed by atoms with E-state index in [0.717, 1.165) is 16.1 Å². The zero-order chi connectivity index (χ0) is 17.7. The maximum atomic E-state index is 11.8. The van der Waals surface area contributed by atoms with Crippen molar-refractivity contribution in [2.45, 2.75) is 45.8 Å². The first-order valence-corrected chi connectivity index (χ1v) is 8.84. The Bertz CT molecular complexity index is 674. The SMILES string of the molecule is Cc1ncsc1CNC(=O)NCC(O)c1ccc(C(C)(C)C)cc1. The molecule has 2 rings (SSSR count). The van der Waals surface area contributed by atoms with Crippen LogP contribution in [-0.4, -0.2) is 22.7 Å². The van der Waals surface area contributed by atoms with Crippen molar-refractivity contribution in [1.82, 2.24) is 15.6 Å². The highest BCUT2D eigenvalue weighted by atomic mass is 32.1. The number of hydrogen-bond acceptors (Lipinski definition) is 4. The molecule has 2 aromatic rings. The number of benzene rings is 1. The number of carbonyl (C=O) groups is 1. The molecule has 0 fully saturated rings. The molecule has 24 heavy (non-hydrogen) atoms. The minimum Gasteiger partial charge on any atom is -0.387 e. The quantitative estimate of drug-likeness (QED) is 0.777. The predicted molar refractivity (Wildman–Crippen MR) is 97.2 cm³/mol. The molecule has 0 aliphatic heterocycles. The third-order valence-electron chi connectivity index (χ3n) is 3.87. The van der Waals surface area contributed by atoms with Crippen molar-refractivity contribution in [2.75, 3.05) is 6.54 Å². The zero-order valence-electron chi connectivity index (χ0n) is 14.6. The molecule has 0 bridgehead atoms. The molecule has 0 saturated carbocycles. The first-order valence-electron chi connectivity index (χ1n) is 7.96. The van der Waals surface area contributed by atoms with Crippen LogP contribution in [0, 0.1) is 6.92 Å². The van der Waals surface area contributed by atoms with E-state index in [-0.39, 0.29) is 18.0 Å². The molecule has 0 radical (unpaired) electrons. The molecule has 5 nitrogen and oxygen atoms in total. The Labute approximate surface area is 147 Å². The average molecular weight is 347 g/mol. The second kappa shape index (κ2) is 7.77. The number of aliphatic hydroxyl groups excluding tert-OH is 1. The topological polar surface area (TPSA) is 74.2 Å². The number of amides is 2. The third-order valence-corrected chi connectivity index (χ3v) is 4.81. The monoisotopic (exact) mass is 347 g/mol. The summed E-state index contributed by atoms with van der Waals surface area (Å²) in [5.74, 6) is 0.